The number of unbranched alkanes of at least 4 members (excludes halogenated alkanes) is 2. The zero-order valence-electron chi connectivity index (χ0n) is 9.12. The van der Waals surface area contributed by atoms with E-state index in [2.05, 4.69) is 29.5 Å². The van der Waals surface area contributed by atoms with E-state index in [0.717, 1.165) is 12.2 Å². The van der Waals surface area contributed by atoms with Gasteiger partial charge in [-0.05, 0) is 13.3 Å². The Labute approximate surface area is 90.8 Å². The molecule has 3 heteroatoms. The van der Waals surface area contributed by atoms with Gasteiger partial charge in [0.1, 0.15) is 0 Å². The van der Waals surface area contributed by atoms with E-state index in [9.17, 15) is 0 Å². The molecule has 0 aromatic carbocycles. The van der Waals surface area contributed by atoms with E-state index in [1.807, 2.05) is 5.51 Å². The minimum Gasteiger partial charge on any atom is -0.309 e. The van der Waals surface area contributed by atoms with Crippen LogP contribution in [0.4, 0.5) is 0 Å². The van der Waals surface area contributed by atoms with Gasteiger partial charge in [-0.2, -0.15) is 0 Å². The van der Waals surface area contributed by atoms with Crippen LogP contribution in [0.3, 0.4) is 0 Å². The van der Waals surface area contributed by atoms with Gasteiger partial charge in [0.15, 0.2) is 0 Å². The highest BCUT2D eigenvalue weighted by atomic mass is 32.1. The van der Waals surface area contributed by atoms with Gasteiger partial charge in [0.2, 0.25) is 0 Å². The first-order valence-corrected chi connectivity index (χ1v) is 6.37. The lowest BCUT2D eigenvalue weighted by Gasteiger charge is -2.12. The Morgan fingerprint density at radius 3 is 3.00 bits per heavy atom. The number of nitrogens with one attached hydrogen (secondary N) is 1. The molecule has 0 aliphatic carbocycles. The monoisotopic (exact) mass is 212 g/mol. The fourth-order valence-electron chi connectivity index (χ4n) is 1.41. The number of aromatic nitrogens is 1. The zero-order valence-corrected chi connectivity index (χ0v) is 9.94. The summed E-state index contributed by atoms with van der Waals surface area (Å²) >= 11 is 1.66. The van der Waals surface area contributed by atoms with Crippen molar-refractivity contribution >= 4 is 11.3 Å². The topological polar surface area (TPSA) is 24.9 Å². The highest BCUT2D eigenvalue weighted by molar-refractivity contribution is 7.07. The van der Waals surface area contributed by atoms with Crippen LogP contribution in [-0.2, 0) is 6.54 Å². The minimum absolute atomic E-state index is 0.614. The normalized spacial score (nSPS) is 13.0. The maximum Gasteiger partial charge on any atom is 0.0795 e. The predicted molar refractivity (Wildman–Crippen MR) is 62.6 cm³/mol. The smallest absolute Gasteiger partial charge is 0.0795 e. The van der Waals surface area contributed by atoms with Crippen molar-refractivity contribution in [3.63, 3.8) is 0 Å². The Hall–Kier alpha value is -0.410. The third-order valence-electron chi connectivity index (χ3n) is 2.36. The van der Waals surface area contributed by atoms with Gasteiger partial charge in [-0.15, -0.1) is 11.3 Å². The molecule has 1 rings (SSSR count). The fraction of sp³-hybridized carbons (Fsp3) is 0.727. The van der Waals surface area contributed by atoms with Crippen LogP contribution in [0, 0.1) is 0 Å². The van der Waals surface area contributed by atoms with Gasteiger partial charge in [-0.3, -0.25) is 0 Å². The van der Waals surface area contributed by atoms with Gasteiger partial charge in [-0.1, -0.05) is 26.2 Å². The van der Waals surface area contributed by atoms with Crippen molar-refractivity contribution in [3.05, 3.63) is 16.6 Å². The van der Waals surface area contributed by atoms with Crippen molar-refractivity contribution in [1.82, 2.24) is 10.3 Å². The summed E-state index contributed by atoms with van der Waals surface area (Å²) in [6.07, 6.45) is 5.27. The molecule has 1 atom stereocenters. The molecule has 0 aliphatic rings. The van der Waals surface area contributed by atoms with Crippen LogP contribution in [0.2, 0.25) is 0 Å². The van der Waals surface area contributed by atoms with E-state index < -0.39 is 0 Å². The van der Waals surface area contributed by atoms with Crippen molar-refractivity contribution < 1.29 is 0 Å². The summed E-state index contributed by atoms with van der Waals surface area (Å²) in [6, 6.07) is 0.614. The lowest BCUT2D eigenvalue weighted by atomic mass is 10.1. The Morgan fingerprint density at radius 2 is 2.36 bits per heavy atom. The summed E-state index contributed by atoms with van der Waals surface area (Å²) in [4.78, 5) is 4.24. The number of nitrogens with zero attached hydrogens (tertiary/aromatic N) is 1. The number of hydrogen-bond acceptors (Lipinski definition) is 3. The average molecular weight is 212 g/mol. The van der Waals surface area contributed by atoms with Crippen molar-refractivity contribution in [1.29, 1.82) is 0 Å². The molecular formula is C11H20N2S. The average Bonchev–Trinajstić information content (AvgIpc) is 2.68. The maximum absolute atomic E-state index is 4.24. The molecule has 0 amide bonds. The molecule has 2 nitrogen and oxygen atoms in total. The highest BCUT2D eigenvalue weighted by Gasteiger charge is 2.01. The quantitative estimate of drug-likeness (QED) is 0.702. The van der Waals surface area contributed by atoms with Crippen LogP contribution in [0.25, 0.3) is 0 Å². The van der Waals surface area contributed by atoms with Gasteiger partial charge >= 0.3 is 0 Å². The van der Waals surface area contributed by atoms with E-state index in [-0.39, 0.29) is 0 Å². The van der Waals surface area contributed by atoms with Gasteiger partial charge in [-0.25, -0.2) is 4.98 Å². The molecule has 0 spiro atoms. The van der Waals surface area contributed by atoms with Crippen molar-refractivity contribution in [2.75, 3.05) is 0 Å². The second kappa shape index (κ2) is 6.96. The van der Waals surface area contributed by atoms with Gasteiger partial charge in [0.25, 0.3) is 0 Å². The third-order valence-corrected chi connectivity index (χ3v) is 2.99. The summed E-state index contributed by atoms with van der Waals surface area (Å²) in [5.41, 5.74) is 3.05. The molecule has 80 valence electrons. The molecule has 1 unspecified atom stereocenters. The summed E-state index contributed by atoms with van der Waals surface area (Å²) in [7, 11) is 0. The molecule has 0 radical (unpaired) electrons. The standard InChI is InChI=1S/C11H20N2S/c1-3-4-5-6-10(2)12-7-11-8-14-9-13-11/h8-10,12H,3-7H2,1-2H3. The summed E-state index contributed by atoms with van der Waals surface area (Å²) < 4.78 is 0. The van der Waals surface area contributed by atoms with E-state index in [0.29, 0.717) is 6.04 Å². The maximum atomic E-state index is 4.24. The van der Waals surface area contributed by atoms with Crippen LogP contribution in [0.5, 0.6) is 0 Å². The van der Waals surface area contributed by atoms with E-state index in [1.165, 1.54) is 25.7 Å². The first kappa shape index (κ1) is 11.7. The first-order chi connectivity index (χ1) is 6.83. The lowest BCUT2D eigenvalue weighted by Crippen LogP contribution is -2.25. The molecule has 0 saturated heterocycles. The van der Waals surface area contributed by atoms with Gasteiger partial charge in [0, 0.05) is 18.0 Å². The Morgan fingerprint density at radius 1 is 1.50 bits per heavy atom. The fourth-order valence-corrected chi connectivity index (χ4v) is 1.96. The molecule has 1 aromatic heterocycles. The Balaban J connectivity index is 2.06. The molecular weight excluding hydrogens is 192 g/mol. The third kappa shape index (κ3) is 4.72. The van der Waals surface area contributed by atoms with Crippen molar-refractivity contribution in [2.24, 2.45) is 0 Å². The number of rotatable bonds is 7. The Kier molecular flexibility index (Phi) is 5.80. The first-order valence-electron chi connectivity index (χ1n) is 5.43. The summed E-state index contributed by atoms with van der Waals surface area (Å²) in [6.45, 7) is 5.41. The second-order valence-electron chi connectivity index (χ2n) is 3.76. The molecule has 0 bridgehead atoms. The second-order valence-corrected chi connectivity index (χ2v) is 4.48. The van der Waals surface area contributed by atoms with Gasteiger partial charge in [0.05, 0.1) is 11.2 Å². The zero-order chi connectivity index (χ0) is 10.2. The molecule has 0 saturated carbocycles. The molecule has 0 fully saturated rings. The van der Waals surface area contributed by atoms with Gasteiger partial charge < -0.3 is 5.32 Å². The SMILES string of the molecule is CCCCCC(C)NCc1cscn1. The molecule has 1 aromatic rings. The number of hydrogen-bond donors (Lipinski definition) is 1. The van der Waals surface area contributed by atoms with Crippen LogP contribution in [-0.4, -0.2) is 11.0 Å². The van der Waals surface area contributed by atoms with Crippen molar-refractivity contribution in [3.8, 4) is 0 Å². The highest BCUT2D eigenvalue weighted by Crippen LogP contribution is 2.05. The minimum atomic E-state index is 0.614. The molecule has 14 heavy (non-hydrogen) atoms. The Bertz CT molecular complexity index is 221. The molecule has 1 N–H and O–H groups in total. The van der Waals surface area contributed by atoms with E-state index in [1.54, 1.807) is 11.3 Å². The van der Waals surface area contributed by atoms with E-state index >= 15 is 0 Å². The van der Waals surface area contributed by atoms with E-state index in [4.69, 9.17) is 0 Å². The van der Waals surface area contributed by atoms with Crippen LogP contribution >= 0.6 is 11.3 Å². The number of thiazole rings is 1. The lowest BCUT2D eigenvalue weighted by molar-refractivity contribution is 0.485. The summed E-state index contributed by atoms with van der Waals surface area (Å²) in [5, 5.41) is 5.59. The molecule has 1 heterocycles. The summed E-state index contributed by atoms with van der Waals surface area (Å²) in [5.74, 6) is 0. The largest absolute Gasteiger partial charge is 0.309 e. The predicted octanol–water partition coefficient (Wildman–Crippen LogP) is 3.20. The molecule has 0 aliphatic heterocycles. The van der Waals surface area contributed by atoms with Crippen LogP contribution < -0.4 is 5.32 Å². The van der Waals surface area contributed by atoms with Crippen LogP contribution in [0.15, 0.2) is 10.9 Å². The van der Waals surface area contributed by atoms with Crippen LogP contribution in [0.1, 0.15) is 45.2 Å². The van der Waals surface area contributed by atoms with Crippen molar-refractivity contribution in [2.45, 2.75) is 52.1 Å².